The summed E-state index contributed by atoms with van der Waals surface area (Å²) in [5, 5.41) is 8.72. The molecule has 0 aliphatic rings. The van der Waals surface area contributed by atoms with Crippen LogP contribution in [0.15, 0.2) is 30.3 Å². The number of nitrogens with zero attached hydrogens (tertiary/aromatic N) is 1. The van der Waals surface area contributed by atoms with Crippen molar-refractivity contribution in [1.29, 1.82) is 0 Å². The average molecular weight is 335 g/mol. The first kappa shape index (κ1) is 17.4. The number of carbonyl (C=O) groups is 1. The molecule has 118 valence electrons. The summed E-state index contributed by atoms with van der Waals surface area (Å²) < 4.78 is 47.7. The molecule has 1 aromatic rings. The molecule has 0 aliphatic heterocycles. The Hall–Kier alpha value is -1.61. The summed E-state index contributed by atoms with van der Waals surface area (Å²) in [4.78, 5) is 10.7. The Morgan fingerprint density at radius 3 is 2.14 bits per heavy atom. The normalized spacial score (nSPS) is 12.0. The van der Waals surface area contributed by atoms with Crippen LogP contribution in [0.1, 0.15) is 6.42 Å². The second-order valence-corrected chi connectivity index (χ2v) is 8.77. The number of anilines is 1. The van der Waals surface area contributed by atoms with E-state index in [4.69, 9.17) is 5.11 Å². The zero-order valence-corrected chi connectivity index (χ0v) is 13.1. The van der Waals surface area contributed by atoms with E-state index in [1.807, 2.05) is 0 Å². The smallest absolute Gasteiger partial charge is 0.305 e. The number of para-hydroxylation sites is 1. The number of rotatable bonds is 8. The molecule has 0 aliphatic carbocycles. The van der Waals surface area contributed by atoms with E-state index in [9.17, 15) is 21.6 Å². The molecular formula is C12H17NO6S2. The molecule has 7 nitrogen and oxygen atoms in total. The molecule has 21 heavy (non-hydrogen) atoms. The van der Waals surface area contributed by atoms with Gasteiger partial charge in [-0.25, -0.2) is 16.8 Å². The van der Waals surface area contributed by atoms with Crippen LogP contribution < -0.4 is 4.31 Å². The number of carboxylic acids is 1. The van der Waals surface area contributed by atoms with Crippen molar-refractivity contribution >= 4 is 31.5 Å². The molecule has 1 rings (SSSR count). The van der Waals surface area contributed by atoms with E-state index >= 15 is 0 Å². The maximum absolute atomic E-state index is 12.3. The van der Waals surface area contributed by atoms with Crippen molar-refractivity contribution in [1.82, 2.24) is 0 Å². The van der Waals surface area contributed by atoms with Gasteiger partial charge in [-0.05, 0) is 12.1 Å². The van der Waals surface area contributed by atoms with Crippen LogP contribution in [0.3, 0.4) is 0 Å². The quantitative estimate of drug-likeness (QED) is 0.734. The fraction of sp³-hybridized carbons (Fsp3) is 0.417. The van der Waals surface area contributed by atoms with Gasteiger partial charge in [0.05, 0.1) is 23.6 Å². The van der Waals surface area contributed by atoms with Crippen molar-refractivity contribution in [3.63, 3.8) is 0 Å². The van der Waals surface area contributed by atoms with Crippen molar-refractivity contribution < 1.29 is 26.7 Å². The van der Waals surface area contributed by atoms with Crippen molar-refractivity contribution in [3.05, 3.63) is 30.3 Å². The Kier molecular flexibility index (Phi) is 5.73. The zero-order valence-electron chi connectivity index (χ0n) is 11.5. The standard InChI is InChI=1S/C12H17NO6S2/c1-20(16,17)9-10-21(18,19)13(8-7-12(14)15)11-5-3-2-4-6-11/h2-6H,7-10H2,1H3,(H,14,15). The van der Waals surface area contributed by atoms with Crippen LogP contribution in [-0.4, -0.2) is 52.2 Å². The molecule has 1 aromatic carbocycles. The molecular weight excluding hydrogens is 318 g/mol. The second-order valence-electron chi connectivity index (χ2n) is 4.50. The van der Waals surface area contributed by atoms with Gasteiger partial charge in [-0.2, -0.15) is 0 Å². The van der Waals surface area contributed by atoms with Crippen LogP contribution in [-0.2, 0) is 24.7 Å². The van der Waals surface area contributed by atoms with Gasteiger partial charge in [-0.1, -0.05) is 18.2 Å². The minimum absolute atomic E-state index is 0.245. The first-order chi connectivity index (χ1) is 9.62. The molecule has 0 saturated heterocycles. The topological polar surface area (TPSA) is 109 Å². The van der Waals surface area contributed by atoms with E-state index in [2.05, 4.69) is 0 Å². The molecule has 0 unspecified atom stereocenters. The number of sulfonamides is 1. The van der Waals surface area contributed by atoms with Gasteiger partial charge in [0.25, 0.3) is 0 Å². The fourth-order valence-corrected chi connectivity index (χ4v) is 4.67. The molecule has 0 aromatic heterocycles. The molecule has 0 atom stereocenters. The minimum Gasteiger partial charge on any atom is -0.481 e. The third-order valence-corrected chi connectivity index (χ3v) is 5.61. The maximum Gasteiger partial charge on any atom is 0.305 e. The monoisotopic (exact) mass is 335 g/mol. The van der Waals surface area contributed by atoms with Gasteiger partial charge in [0.1, 0.15) is 9.84 Å². The third-order valence-electron chi connectivity index (χ3n) is 2.62. The van der Waals surface area contributed by atoms with Crippen LogP contribution >= 0.6 is 0 Å². The number of benzene rings is 1. The van der Waals surface area contributed by atoms with Gasteiger partial charge >= 0.3 is 5.97 Å². The lowest BCUT2D eigenvalue weighted by Crippen LogP contribution is -2.36. The second kappa shape index (κ2) is 6.90. The van der Waals surface area contributed by atoms with Crippen LogP contribution in [0.5, 0.6) is 0 Å². The number of carboxylic acid groups (broad SMARTS) is 1. The first-order valence-corrected chi connectivity index (χ1v) is 9.74. The highest BCUT2D eigenvalue weighted by molar-refractivity contribution is 7.95. The zero-order chi connectivity index (χ0) is 16.1. The summed E-state index contributed by atoms with van der Waals surface area (Å²) in [7, 11) is -7.34. The highest BCUT2D eigenvalue weighted by Crippen LogP contribution is 2.18. The Labute approximate surface area is 124 Å². The molecule has 0 amide bonds. The average Bonchev–Trinajstić information content (AvgIpc) is 2.37. The highest BCUT2D eigenvalue weighted by Gasteiger charge is 2.24. The Morgan fingerprint density at radius 1 is 1.10 bits per heavy atom. The number of hydrogen-bond donors (Lipinski definition) is 1. The summed E-state index contributed by atoms with van der Waals surface area (Å²) >= 11 is 0. The van der Waals surface area contributed by atoms with E-state index < -0.39 is 37.3 Å². The van der Waals surface area contributed by atoms with Crippen molar-refractivity contribution in [3.8, 4) is 0 Å². The molecule has 0 fully saturated rings. The van der Waals surface area contributed by atoms with Gasteiger partial charge in [-0.3, -0.25) is 9.10 Å². The maximum atomic E-state index is 12.3. The fourth-order valence-electron chi connectivity index (χ4n) is 1.59. The molecule has 0 saturated carbocycles. The number of hydrogen-bond acceptors (Lipinski definition) is 5. The molecule has 0 spiro atoms. The predicted octanol–water partition coefficient (Wildman–Crippen LogP) is 0.342. The third kappa shape index (κ3) is 6.13. The summed E-state index contributed by atoms with van der Waals surface area (Å²) in [5.74, 6) is -2.22. The SMILES string of the molecule is CS(=O)(=O)CCS(=O)(=O)N(CCC(=O)O)c1ccccc1. The lowest BCUT2D eigenvalue weighted by Gasteiger charge is -2.23. The number of sulfone groups is 1. The highest BCUT2D eigenvalue weighted by atomic mass is 32.2. The lowest BCUT2D eigenvalue weighted by atomic mass is 10.3. The molecule has 0 bridgehead atoms. The van der Waals surface area contributed by atoms with Gasteiger partial charge in [0, 0.05) is 12.8 Å². The summed E-state index contributed by atoms with van der Waals surface area (Å²) in [5.41, 5.74) is 0.312. The van der Waals surface area contributed by atoms with Gasteiger partial charge in [0.2, 0.25) is 10.0 Å². The van der Waals surface area contributed by atoms with E-state index in [0.717, 1.165) is 10.6 Å². The first-order valence-electron chi connectivity index (χ1n) is 6.07. The van der Waals surface area contributed by atoms with Gasteiger partial charge in [0.15, 0.2) is 0 Å². The van der Waals surface area contributed by atoms with Crippen LogP contribution in [0.25, 0.3) is 0 Å². The van der Waals surface area contributed by atoms with Gasteiger partial charge < -0.3 is 5.11 Å². The Morgan fingerprint density at radius 2 is 1.67 bits per heavy atom. The van der Waals surface area contributed by atoms with E-state index in [-0.39, 0.29) is 13.0 Å². The van der Waals surface area contributed by atoms with E-state index in [0.29, 0.717) is 5.69 Å². The van der Waals surface area contributed by atoms with Gasteiger partial charge in [-0.15, -0.1) is 0 Å². The molecule has 1 N–H and O–H groups in total. The molecule has 9 heteroatoms. The van der Waals surface area contributed by atoms with Crippen LogP contribution in [0.2, 0.25) is 0 Å². The molecule has 0 radical (unpaired) electrons. The summed E-state index contributed by atoms with van der Waals surface area (Å²) in [6.45, 7) is -0.245. The largest absolute Gasteiger partial charge is 0.481 e. The Bertz CT molecular complexity index is 682. The predicted molar refractivity (Wildman–Crippen MR) is 79.5 cm³/mol. The molecule has 0 heterocycles. The summed E-state index contributed by atoms with van der Waals surface area (Å²) in [6, 6.07) is 7.99. The van der Waals surface area contributed by atoms with Crippen molar-refractivity contribution in [2.75, 3.05) is 28.6 Å². The van der Waals surface area contributed by atoms with E-state index in [1.165, 1.54) is 12.1 Å². The minimum atomic E-state index is -3.91. The summed E-state index contributed by atoms with van der Waals surface area (Å²) in [6.07, 6.45) is 0.583. The Balaban J connectivity index is 3.02. The van der Waals surface area contributed by atoms with Crippen molar-refractivity contribution in [2.24, 2.45) is 0 Å². The lowest BCUT2D eigenvalue weighted by molar-refractivity contribution is -0.136. The van der Waals surface area contributed by atoms with Crippen molar-refractivity contribution in [2.45, 2.75) is 6.42 Å². The van der Waals surface area contributed by atoms with Crippen LogP contribution in [0.4, 0.5) is 5.69 Å². The number of aliphatic carboxylic acids is 1. The van der Waals surface area contributed by atoms with E-state index in [1.54, 1.807) is 18.2 Å². The van der Waals surface area contributed by atoms with Crippen LogP contribution in [0, 0.1) is 0 Å².